The van der Waals surface area contributed by atoms with Gasteiger partial charge in [0.1, 0.15) is 5.82 Å². The van der Waals surface area contributed by atoms with Gasteiger partial charge in [-0.15, -0.1) is 0 Å². The molecule has 1 amide bonds. The van der Waals surface area contributed by atoms with Crippen molar-refractivity contribution in [3.63, 3.8) is 0 Å². The summed E-state index contributed by atoms with van der Waals surface area (Å²) < 4.78 is 15.7. The first-order valence-corrected chi connectivity index (χ1v) is 13.1. The third-order valence-electron chi connectivity index (χ3n) is 7.52. The standard InChI is InChI=1S/C30H38FN3O/c1-6-7-9-20(3)22(5)32-30(35)26-11-8-10-25-28(26)33-34(27-17-12-19(2)18-21(27)4)29(25)23-13-15-24(31)16-14-23/h12-18,20,22,26H,6-11H2,1-5H3,(H,32,35)/t20?,22-,26?/m1/s1. The van der Waals surface area contributed by atoms with Crippen LogP contribution in [-0.2, 0) is 11.2 Å². The first-order chi connectivity index (χ1) is 16.8. The Morgan fingerprint density at radius 3 is 2.60 bits per heavy atom. The van der Waals surface area contributed by atoms with Gasteiger partial charge in [-0.2, -0.15) is 5.10 Å². The van der Waals surface area contributed by atoms with Crippen molar-refractivity contribution < 1.29 is 9.18 Å². The molecule has 0 fully saturated rings. The average molecular weight is 476 g/mol. The molecule has 0 bridgehead atoms. The number of rotatable bonds is 8. The number of carbonyl (C=O) groups excluding carboxylic acids is 1. The van der Waals surface area contributed by atoms with Crippen molar-refractivity contribution in [2.24, 2.45) is 5.92 Å². The number of aryl methyl sites for hydroxylation is 2. The maximum Gasteiger partial charge on any atom is 0.229 e. The van der Waals surface area contributed by atoms with Gasteiger partial charge in [0.15, 0.2) is 0 Å². The summed E-state index contributed by atoms with van der Waals surface area (Å²) in [6, 6.07) is 13.1. The van der Waals surface area contributed by atoms with E-state index >= 15 is 0 Å². The smallest absolute Gasteiger partial charge is 0.229 e. The Balaban J connectivity index is 1.75. The van der Waals surface area contributed by atoms with Crippen LogP contribution < -0.4 is 5.32 Å². The number of halogens is 1. The normalized spacial score (nSPS) is 17.0. The third kappa shape index (κ3) is 5.34. The minimum atomic E-state index is -0.272. The molecule has 1 aliphatic rings. The van der Waals surface area contributed by atoms with Crippen LogP contribution in [0, 0.1) is 25.6 Å². The Labute approximate surface area is 208 Å². The minimum Gasteiger partial charge on any atom is -0.353 e. The zero-order valence-corrected chi connectivity index (χ0v) is 21.7. The van der Waals surface area contributed by atoms with E-state index in [2.05, 4.69) is 58.1 Å². The Morgan fingerprint density at radius 1 is 1.17 bits per heavy atom. The van der Waals surface area contributed by atoms with Gasteiger partial charge >= 0.3 is 0 Å². The van der Waals surface area contributed by atoms with Crippen LogP contribution in [0.15, 0.2) is 42.5 Å². The summed E-state index contributed by atoms with van der Waals surface area (Å²) in [7, 11) is 0. The fraction of sp³-hybridized carbons (Fsp3) is 0.467. The summed E-state index contributed by atoms with van der Waals surface area (Å²) >= 11 is 0. The summed E-state index contributed by atoms with van der Waals surface area (Å²) in [5.41, 5.74) is 7.15. The first-order valence-electron chi connectivity index (χ1n) is 13.1. The molecular weight excluding hydrogens is 437 g/mol. The SMILES string of the molecule is CCCCC(C)[C@@H](C)NC(=O)C1CCCc2c1nn(-c1ccc(C)cc1C)c2-c1ccc(F)cc1. The largest absolute Gasteiger partial charge is 0.353 e. The highest BCUT2D eigenvalue weighted by molar-refractivity contribution is 5.85. The third-order valence-corrected chi connectivity index (χ3v) is 7.52. The second-order valence-corrected chi connectivity index (χ2v) is 10.3. The molecule has 186 valence electrons. The van der Waals surface area contributed by atoms with Crippen LogP contribution in [0.4, 0.5) is 4.39 Å². The lowest BCUT2D eigenvalue weighted by atomic mass is 9.84. The molecule has 1 aliphatic carbocycles. The molecule has 2 aromatic carbocycles. The Kier molecular flexibility index (Phi) is 7.73. The molecule has 2 unspecified atom stereocenters. The number of amides is 1. The van der Waals surface area contributed by atoms with Gasteiger partial charge in [-0.05, 0) is 88.3 Å². The van der Waals surface area contributed by atoms with Crippen LogP contribution in [0.3, 0.4) is 0 Å². The second kappa shape index (κ2) is 10.8. The van der Waals surface area contributed by atoms with Crippen LogP contribution in [0.25, 0.3) is 16.9 Å². The maximum absolute atomic E-state index is 13.8. The number of aromatic nitrogens is 2. The fourth-order valence-corrected chi connectivity index (χ4v) is 5.23. The fourth-order valence-electron chi connectivity index (χ4n) is 5.23. The van der Waals surface area contributed by atoms with Crippen molar-refractivity contribution in [2.45, 2.75) is 85.1 Å². The van der Waals surface area contributed by atoms with Crippen molar-refractivity contribution in [3.05, 3.63) is 70.7 Å². The molecule has 3 atom stereocenters. The summed E-state index contributed by atoms with van der Waals surface area (Å²) in [5.74, 6) is -0.0309. The van der Waals surface area contributed by atoms with Crippen LogP contribution in [-0.4, -0.2) is 21.7 Å². The van der Waals surface area contributed by atoms with Crippen molar-refractivity contribution in [1.29, 1.82) is 0 Å². The highest BCUT2D eigenvalue weighted by atomic mass is 19.1. The summed E-state index contributed by atoms with van der Waals surface area (Å²) in [5, 5.41) is 8.37. The van der Waals surface area contributed by atoms with E-state index < -0.39 is 0 Å². The summed E-state index contributed by atoms with van der Waals surface area (Å²) in [6.07, 6.45) is 6.04. The molecule has 0 radical (unpaired) electrons. The predicted octanol–water partition coefficient (Wildman–Crippen LogP) is 7.05. The van der Waals surface area contributed by atoms with Gasteiger partial charge in [-0.25, -0.2) is 9.07 Å². The highest BCUT2D eigenvalue weighted by Crippen LogP contribution is 2.39. The van der Waals surface area contributed by atoms with E-state index in [-0.39, 0.29) is 23.7 Å². The van der Waals surface area contributed by atoms with Gasteiger partial charge in [0.2, 0.25) is 5.91 Å². The van der Waals surface area contributed by atoms with E-state index in [1.54, 1.807) is 0 Å². The molecule has 0 saturated carbocycles. The molecular formula is C30H38FN3O. The average Bonchev–Trinajstić information content (AvgIpc) is 3.22. The van der Waals surface area contributed by atoms with Gasteiger partial charge in [-0.3, -0.25) is 4.79 Å². The zero-order chi connectivity index (χ0) is 25.1. The van der Waals surface area contributed by atoms with E-state index in [4.69, 9.17) is 5.10 Å². The number of hydrogen-bond acceptors (Lipinski definition) is 2. The molecule has 1 aromatic heterocycles. The Bertz CT molecular complexity index is 1180. The van der Waals surface area contributed by atoms with Gasteiger partial charge in [0, 0.05) is 17.2 Å². The second-order valence-electron chi connectivity index (χ2n) is 10.3. The number of carbonyl (C=O) groups is 1. The topological polar surface area (TPSA) is 46.9 Å². The van der Waals surface area contributed by atoms with Gasteiger partial charge in [0.25, 0.3) is 0 Å². The number of fused-ring (bicyclic) bond motifs is 1. The zero-order valence-electron chi connectivity index (χ0n) is 21.7. The molecule has 1 heterocycles. The van der Waals surface area contributed by atoms with E-state index in [9.17, 15) is 9.18 Å². The molecule has 35 heavy (non-hydrogen) atoms. The molecule has 1 N–H and O–H groups in total. The van der Waals surface area contributed by atoms with Crippen molar-refractivity contribution in [1.82, 2.24) is 15.1 Å². The van der Waals surface area contributed by atoms with E-state index in [1.807, 2.05) is 16.8 Å². The summed E-state index contributed by atoms with van der Waals surface area (Å²) in [4.78, 5) is 13.5. The molecule has 3 aromatic rings. The molecule has 0 aliphatic heterocycles. The minimum absolute atomic E-state index is 0.0673. The number of nitrogens with zero attached hydrogens (tertiary/aromatic N) is 2. The highest BCUT2D eigenvalue weighted by Gasteiger charge is 2.34. The van der Waals surface area contributed by atoms with Crippen molar-refractivity contribution >= 4 is 5.91 Å². The van der Waals surface area contributed by atoms with Crippen molar-refractivity contribution in [3.8, 4) is 16.9 Å². The van der Waals surface area contributed by atoms with E-state index in [0.29, 0.717) is 5.92 Å². The van der Waals surface area contributed by atoms with Crippen LogP contribution in [0.1, 0.15) is 81.2 Å². The molecule has 5 heteroatoms. The number of hydrogen-bond donors (Lipinski definition) is 1. The molecule has 0 spiro atoms. The Hall–Kier alpha value is -2.95. The van der Waals surface area contributed by atoms with E-state index in [1.165, 1.54) is 30.5 Å². The van der Waals surface area contributed by atoms with E-state index in [0.717, 1.165) is 59.4 Å². The van der Waals surface area contributed by atoms with Gasteiger partial charge < -0.3 is 5.32 Å². The molecule has 4 rings (SSSR count). The van der Waals surface area contributed by atoms with Crippen LogP contribution >= 0.6 is 0 Å². The van der Waals surface area contributed by atoms with Gasteiger partial charge in [-0.1, -0.05) is 44.4 Å². The monoisotopic (exact) mass is 475 g/mol. The van der Waals surface area contributed by atoms with Crippen LogP contribution in [0.5, 0.6) is 0 Å². The van der Waals surface area contributed by atoms with Crippen molar-refractivity contribution in [2.75, 3.05) is 0 Å². The Morgan fingerprint density at radius 2 is 1.91 bits per heavy atom. The molecule has 0 saturated heterocycles. The quantitative estimate of drug-likeness (QED) is 0.380. The first kappa shape index (κ1) is 25.2. The van der Waals surface area contributed by atoms with Gasteiger partial charge in [0.05, 0.1) is 23.0 Å². The lowest BCUT2D eigenvalue weighted by Crippen LogP contribution is -2.40. The maximum atomic E-state index is 13.8. The van der Waals surface area contributed by atoms with Crippen LogP contribution in [0.2, 0.25) is 0 Å². The number of benzene rings is 2. The number of unbranched alkanes of at least 4 members (excludes halogenated alkanes) is 1. The lowest BCUT2D eigenvalue weighted by molar-refractivity contribution is -0.123. The molecule has 4 nitrogen and oxygen atoms in total. The number of nitrogens with one attached hydrogen (secondary N) is 1. The summed E-state index contributed by atoms with van der Waals surface area (Å²) in [6.45, 7) is 10.7. The lowest BCUT2D eigenvalue weighted by Gasteiger charge is -2.26. The predicted molar refractivity (Wildman–Crippen MR) is 140 cm³/mol.